The van der Waals surface area contributed by atoms with Crippen LogP contribution in [-0.2, 0) is 0 Å². The zero-order chi connectivity index (χ0) is 24.1. The van der Waals surface area contributed by atoms with E-state index in [0.29, 0.717) is 32.8 Å². The van der Waals surface area contributed by atoms with Crippen molar-refractivity contribution in [2.75, 3.05) is 0 Å². The van der Waals surface area contributed by atoms with E-state index >= 15 is 0 Å². The molecular formula is C27H17ClN4O3. The molecule has 0 fully saturated rings. The van der Waals surface area contributed by atoms with Gasteiger partial charge in [0, 0.05) is 34.5 Å². The molecule has 0 amide bonds. The third-order valence-corrected chi connectivity index (χ3v) is 6.08. The number of aromatic nitrogens is 3. The highest BCUT2D eigenvalue weighted by Gasteiger charge is 2.17. The number of fused-ring (bicyclic) bond motifs is 3. The molecular weight excluding hydrogens is 464 g/mol. The number of para-hydroxylation sites is 2. The van der Waals surface area contributed by atoms with E-state index < -0.39 is 0 Å². The molecule has 0 aliphatic rings. The second-order valence-electron chi connectivity index (χ2n) is 8.10. The molecule has 0 N–H and O–H groups in total. The molecule has 0 atom stereocenters. The number of rotatable bonds is 3. The molecule has 6 aromatic rings. The van der Waals surface area contributed by atoms with Crippen molar-refractivity contribution >= 4 is 56.5 Å². The van der Waals surface area contributed by atoms with Crippen molar-refractivity contribution in [1.82, 2.24) is 14.2 Å². The summed E-state index contributed by atoms with van der Waals surface area (Å²) in [5.74, 6) is 0.521. The Morgan fingerprint density at radius 3 is 2.63 bits per heavy atom. The monoisotopic (exact) mass is 480 g/mol. The zero-order valence-corrected chi connectivity index (χ0v) is 19.2. The molecule has 3 aromatic carbocycles. The van der Waals surface area contributed by atoms with Crippen LogP contribution in [0.25, 0.3) is 44.4 Å². The summed E-state index contributed by atoms with van der Waals surface area (Å²) < 4.78 is 8.79. The van der Waals surface area contributed by atoms with E-state index in [1.807, 2.05) is 30.3 Å². The topological polar surface area (TPSA) is 82.4 Å². The molecule has 170 valence electrons. The van der Waals surface area contributed by atoms with Crippen LogP contribution in [0.2, 0.25) is 5.02 Å². The van der Waals surface area contributed by atoms with E-state index in [2.05, 4.69) is 5.10 Å². The smallest absolute Gasteiger partial charge is 0.282 e. The molecule has 0 aliphatic carbocycles. The molecule has 8 heteroatoms. The summed E-state index contributed by atoms with van der Waals surface area (Å²) in [5, 5.41) is 7.15. The number of carbonyl (C=O) groups excluding carboxylic acids is 1. The summed E-state index contributed by atoms with van der Waals surface area (Å²) in [6.45, 7) is 1.50. The van der Waals surface area contributed by atoms with Gasteiger partial charge in [-0.1, -0.05) is 41.9 Å². The van der Waals surface area contributed by atoms with Gasteiger partial charge in [-0.25, -0.2) is 4.98 Å². The third-order valence-electron chi connectivity index (χ3n) is 5.85. The number of hydrogen-bond acceptors (Lipinski definition) is 5. The number of hydrogen-bond donors (Lipinski definition) is 0. The summed E-state index contributed by atoms with van der Waals surface area (Å²) in [5.41, 5.74) is 2.27. The Balaban J connectivity index is 1.58. The summed E-state index contributed by atoms with van der Waals surface area (Å²) in [4.78, 5) is 30.3. The number of furan rings is 1. The van der Waals surface area contributed by atoms with Gasteiger partial charge in [-0.15, -0.1) is 0 Å². The maximum Gasteiger partial charge on any atom is 0.282 e. The Hall–Kier alpha value is -4.49. The van der Waals surface area contributed by atoms with Crippen LogP contribution < -0.4 is 5.56 Å². The number of nitrogens with zero attached hydrogens (tertiary/aromatic N) is 4. The van der Waals surface area contributed by atoms with Gasteiger partial charge in [0.25, 0.3) is 5.56 Å². The number of halogens is 1. The Morgan fingerprint density at radius 2 is 1.80 bits per heavy atom. The van der Waals surface area contributed by atoms with Crippen molar-refractivity contribution in [3.05, 3.63) is 99.9 Å². The van der Waals surface area contributed by atoms with Crippen molar-refractivity contribution < 1.29 is 9.21 Å². The van der Waals surface area contributed by atoms with Crippen molar-refractivity contribution in [2.45, 2.75) is 6.92 Å². The lowest BCUT2D eigenvalue weighted by Crippen LogP contribution is -2.20. The molecule has 0 unspecified atom stereocenters. The van der Waals surface area contributed by atoms with Gasteiger partial charge in [0.15, 0.2) is 5.76 Å². The van der Waals surface area contributed by atoms with E-state index in [4.69, 9.17) is 21.0 Å². The SMILES string of the molecule is CC(=O)n1cc(C=Nn2c(-c3cc4cc(Cl)ccc4o3)nc3ccccc3c2=O)c2ccccc21. The maximum atomic E-state index is 13.5. The summed E-state index contributed by atoms with van der Waals surface area (Å²) in [7, 11) is 0. The minimum atomic E-state index is -0.337. The summed E-state index contributed by atoms with van der Waals surface area (Å²) in [6, 6.07) is 21.7. The lowest BCUT2D eigenvalue weighted by molar-refractivity contribution is 0.0941. The fourth-order valence-corrected chi connectivity index (χ4v) is 4.38. The molecule has 0 aliphatic heterocycles. The highest BCUT2D eigenvalue weighted by atomic mass is 35.5. The van der Waals surface area contributed by atoms with Gasteiger partial charge in [0.2, 0.25) is 11.7 Å². The lowest BCUT2D eigenvalue weighted by atomic mass is 10.2. The maximum absolute atomic E-state index is 13.5. The normalized spacial score (nSPS) is 11.8. The van der Waals surface area contributed by atoms with Gasteiger partial charge >= 0.3 is 0 Å². The van der Waals surface area contributed by atoms with E-state index in [1.165, 1.54) is 11.6 Å². The Bertz CT molecular complexity index is 1880. The molecule has 0 radical (unpaired) electrons. The fraction of sp³-hybridized carbons (Fsp3) is 0.0370. The van der Waals surface area contributed by atoms with Crippen LogP contribution in [0.3, 0.4) is 0 Å². The highest BCUT2D eigenvalue weighted by Crippen LogP contribution is 2.29. The van der Waals surface area contributed by atoms with E-state index in [1.54, 1.807) is 59.4 Å². The van der Waals surface area contributed by atoms with Crippen LogP contribution in [0, 0.1) is 0 Å². The predicted molar refractivity (Wildman–Crippen MR) is 137 cm³/mol. The van der Waals surface area contributed by atoms with Crippen LogP contribution in [-0.4, -0.2) is 26.3 Å². The Labute approximate surface area is 203 Å². The van der Waals surface area contributed by atoms with E-state index in [-0.39, 0.29) is 17.3 Å². The first-order valence-corrected chi connectivity index (χ1v) is 11.2. The van der Waals surface area contributed by atoms with Gasteiger partial charge in [-0.3, -0.25) is 14.2 Å². The second kappa shape index (κ2) is 8.07. The quantitative estimate of drug-likeness (QED) is 0.292. The zero-order valence-electron chi connectivity index (χ0n) is 18.5. The molecule has 6 rings (SSSR count). The van der Waals surface area contributed by atoms with Gasteiger partial charge in [0.1, 0.15) is 5.58 Å². The standard InChI is InChI=1S/C27H17ClN4O3/c1-16(33)31-15-18(20-6-3-5-9-23(20)31)14-29-32-26(30-22-8-4-2-7-21(22)27(32)34)25-13-17-12-19(28)10-11-24(17)35-25/h2-15H,1H3. The van der Waals surface area contributed by atoms with Crippen molar-refractivity contribution in [1.29, 1.82) is 0 Å². The van der Waals surface area contributed by atoms with Crippen molar-refractivity contribution in [2.24, 2.45) is 5.10 Å². The van der Waals surface area contributed by atoms with Crippen LogP contribution in [0.1, 0.15) is 17.3 Å². The molecule has 3 aromatic heterocycles. The fourth-order valence-electron chi connectivity index (χ4n) is 4.20. The van der Waals surface area contributed by atoms with Gasteiger partial charge in [-0.05, 0) is 42.5 Å². The average Bonchev–Trinajstić information content (AvgIpc) is 3.45. The van der Waals surface area contributed by atoms with Gasteiger partial charge in [0.05, 0.1) is 22.6 Å². The second-order valence-corrected chi connectivity index (χ2v) is 8.53. The van der Waals surface area contributed by atoms with Crippen LogP contribution in [0.15, 0.2) is 93.3 Å². The first-order chi connectivity index (χ1) is 17.0. The highest BCUT2D eigenvalue weighted by molar-refractivity contribution is 6.31. The van der Waals surface area contributed by atoms with E-state index in [0.717, 1.165) is 16.3 Å². The predicted octanol–water partition coefficient (Wildman–Crippen LogP) is 5.96. The third kappa shape index (κ3) is 3.53. The summed E-state index contributed by atoms with van der Waals surface area (Å²) in [6.07, 6.45) is 3.27. The first-order valence-electron chi connectivity index (χ1n) is 10.9. The van der Waals surface area contributed by atoms with Crippen LogP contribution in [0.4, 0.5) is 0 Å². The lowest BCUT2D eigenvalue weighted by Gasteiger charge is -2.07. The molecule has 0 spiro atoms. The largest absolute Gasteiger partial charge is 0.453 e. The Morgan fingerprint density at radius 1 is 1.03 bits per heavy atom. The average molecular weight is 481 g/mol. The van der Waals surface area contributed by atoms with Gasteiger partial charge in [-0.2, -0.15) is 9.78 Å². The number of carbonyl (C=O) groups is 1. The van der Waals surface area contributed by atoms with Crippen molar-refractivity contribution in [3.63, 3.8) is 0 Å². The Kier molecular flexibility index (Phi) is 4.86. The summed E-state index contributed by atoms with van der Waals surface area (Å²) >= 11 is 6.14. The molecule has 7 nitrogen and oxygen atoms in total. The van der Waals surface area contributed by atoms with Crippen molar-refractivity contribution in [3.8, 4) is 11.6 Å². The minimum Gasteiger partial charge on any atom is -0.453 e. The molecule has 0 bridgehead atoms. The van der Waals surface area contributed by atoms with Gasteiger partial charge < -0.3 is 4.42 Å². The van der Waals surface area contributed by atoms with Crippen LogP contribution >= 0.6 is 11.6 Å². The molecule has 3 heterocycles. The molecule has 35 heavy (non-hydrogen) atoms. The van der Waals surface area contributed by atoms with E-state index in [9.17, 15) is 9.59 Å². The van der Waals surface area contributed by atoms with Crippen LogP contribution in [0.5, 0.6) is 0 Å². The number of benzene rings is 3. The minimum absolute atomic E-state index is 0.119. The molecule has 0 saturated heterocycles. The first kappa shape index (κ1) is 21.1. The molecule has 0 saturated carbocycles.